The van der Waals surface area contributed by atoms with Gasteiger partial charge in [-0.25, -0.2) is 0 Å². The average molecular weight is 408 g/mol. The Labute approximate surface area is 178 Å². The van der Waals surface area contributed by atoms with Gasteiger partial charge in [0.05, 0.1) is 12.1 Å². The van der Waals surface area contributed by atoms with Crippen LogP contribution in [0.3, 0.4) is 0 Å². The van der Waals surface area contributed by atoms with Crippen molar-refractivity contribution in [3.63, 3.8) is 0 Å². The Morgan fingerprint density at radius 3 is 2.20 bits per heavy atom. The van der Waals surface area contributed by atoms with Gasteiger partial charge in [-0.1, -0.05) is 65.8 Å². The minimum absolute atomic E-state index is 0.0272. The quantitative estimate of drug-likeness (QED) is 0.500. The normalized spacial score (nSPS) is 10.8. The number of benzene rings is 2. The highest BCUT2D eigenvalue weighted by Gasteiger charge is 2.25. The molecule has 30 heavy (non-hydrogen) atoms. The summed E-state index contributed by atoms with van der Waals surface area (Å²) in [7, 11) is 1.54. The third kappa shape index (κ3) is 5.07. The van der Waals surface area contributed by atoms with Gasteiger partial charge in [-0.15, -0.1) is 0 Å². The van der Waals surface area contributed by atoms with Crippen LogP contribution in [0.15, 0.2) is 65.2 Å². The van der Waals surface area contributed by atoms with Crippen LogP contribution in [0.25, 0.3) is 11.3 Å². The van der Waals surface area contributed by atoms with E-state index in [9.17, 15) is 4.79 Å². The summed E-state index contributed by atoms with van der Waals surface area (Å²) in [6, 6.07) is 19.9. The second-order valence-corrected chi connectivity index (χ2v) is 7.02. The lowest BCUT2D eigenvalue weighted by Gasteiger charge is -2.25. The molecule has 1 aromatic heterocycles. The Hall–Kier alpha value is -3.12. The maximum Gasteiger partial charge on any atom is 0.249 e. The Bertz CT molecular complexity index is 921. The lowest BCUT2D eigenvalue weighted by molar-refractivity contribution is -0.136. The fourth-order valence-electron chi connectivity index (χ4n) is 3.47. The molecule has 158 valence electrons. The fraction of sp³-hybridized carbons (Fsp3) is 0.333. The predicted octanol–water partition coefficient (Wildman–Crippen LogP) is 4.36. The van der Waals surface area contributed by atoms with Gasteiger partial charge in [0.15, 0.2) is 0 Å². The summed E-state index contributed by atoms with van der Waals surface area (Å²) in [5, 5.41) is 4.38. The molecule has 1 amide bonds. The van der Waals surface area contributed by atoms with E-state index < -0.39 is 0 Å². The number of nitrogens with zero attached hydrogens (tertiary/aromatic N) is 3. The lowest BCUT2D eigenvalue weighted by atomic mass is 10.1. The SMILES string of the molecule is CCN(CC)c1onc(-c2ccccc2)c1CN(Cc1ccccc1)C(=O)COC. The molecule has 3 aromatic rings. The van der Waals surface area contributed by atoms with Gasteiger partial charge in [0, 0.05) is 32.3 Å². The van der Waals surface area contributed by atoms with Gasteiger partial charge < -0.3 is 19.1 Å². The molecule has 0 spiro atoms. The van der Waals surface area contributed by atoms with E-state index in [1.807, 2.05) is 60.7 Å². The molecule has 1 heterocycles. The van der Waals surface area contributed by atoms with Crippen molar-refractivity contribution < 1.29 is 14.1 Å². The molecule has 0 N–H and O–H groups in total. The monoisotopic (exact) mass is 407 g/mol. The van der Waals surface area contributed by atoms with Crippen molar-refractivity contribution >= 4 is 11.8 Å². The number of carbonyl (C=O) groups is 1. The number of ether oxygens (including phenoxy) is 1. The number of carbonyl (C=O) groups excluding carboxylic acids is 1. The minimum Gasteiger partial charge on any atom is -0.375 e. The molecule has 0 radical (unpaired) electrons. The first-order valence-electron chi connectivity index (χ1n) is 10.3. The maximum absolute atomic E-state index is 12.9. The first kappa shape index (κ1) is 21.6. The highest BCUT2D eigenvalue weighted by Crippen LogP contribution is 2.32. The number of hydrogen-bond acceptors (Lipinski definition) is 5. The van der Waals surface area contributed by atoms with Crippen molar-refractivity contribution in [2.75, 3.05) is 31.7 Å². The molecule has 0 fully saturated rings. The van der Waals surface area contributed by atoms with Crippen LogP contribution in [0.5, 0.6) is 0 Å². The summed E-state index contributed by atoms with van der Waals surface area (Å²) in [4.78, 5) is 16.8. The van der Waals surface area contributed by atoms with Crippen LogP contribution in [-0.4, -0.2) is 42.8 Å². The zero-order valence-electron chi connectivity index (χ0n) is 17.9. The number of methoxy groups -OCH3 is 1. The van der Waals surface area contributed by atoms with Crippen molar-refractivity contribution in [2.24, 2.45) is 0 Å². The van der Waals surface area contributed by atoms with Crippen molar-refractivity contribution in [1.29, 1.82) is 0 Å². The standard InChI is InChI=1S/C24H29N3O3/c1-4-26(5-2)24-21(23(25-30-24)20-14-10-7-11-15-20)17-27(22(28)18-29-3)16-19-12-8-6-9-13-19/h6-15H,4-5,16-18H2,1-3H3. The van der Waals surface area contributed by atoms with Crippen LogP contribution in [0.2, 0.25) is 0 Å². The zero-order valence-corrected chi connectivity index (χ0v) is 17.9. The molecular formula is C24H29N3O3. The van der Waals surface area contributed by atoms with E-state index >= 15 is 0 Å². The number of rotatable bonds is 10. The van der Waals surface area contributed by atoms with Crippen LogP contribution in [0, 0.1) is 0 Å². The van der Waals surface area contributed by atoms with Gasteiger partial charge in [-0.3, -0.25) is 4.79 Å². The van der Waals surface area contributed by atoms with E-state index in [1.165, 1.54) is 7.11 Å². The Morgan fingerprint density at radius 2 is 1.60 bits per heavy atom. The number of anilines is 1. The molecule has 0 atom stereocenters. The Kier molecular flexibility index (Phi) is 7.63. The van der Waals surface area contributed by atoms with Crippen LogP contribution in [0.1, 0.15) is 25.0 Å². The molecule has 2 aromatic carbocycles. The summed E-state index contributed by atoms with van der Waals surface area (Å²) in [6.07, 6.45) is 0. The lowest BCUT2D eigenvalue weighted by Crippen LogP contribution is -2.33. The Balaban J connectivity index is 2.01. The van der Waals surface area contributed by atoms with Crippen LogP contribution in [0.4, 0.5) is 5.88 Å². The van der Waals surface area contributed by atoms with Gasteiger partial charge in [0.1, 0.15) is 12.3 Å². The first-order valence-corrected chi connectivity index (χ1v) is 10.3. The second-order valence-electron chi connectivity index (χ2n) is 7.02. The summed E-state index contributed by atoms with van der Waals surface area (Å²) < 4.78 is 10.9. The van der Waals surface area contributed by atoms with Gasteiger partial charge in [-0.2, -0.15) is 0 Å². The number of amides is 1. The van der Waals surface area contributed by atoms with Gasteiger partial charge in [0.25, 0.3) is 0 Å². The largest absolute Gasteiger partial charge is 0.375 e. The van der Waals surface area contributed by atoms with E-state index in [2.05, 4.69) is 23.9 Å². The molecule has 0 unspecified atom stereocenters. The van der Waals surface area contributed by atoms with E-state index in [4.69, 9.17) is 9.26 Å². The Morgan fingerprint density at radius 1 is 0.967 bits per heavy atom. The smallest absolute Gasteiger partial charge is 0.249 e. The fourth-order valence-corrected chi connectivity index (χ4v) is 3.47. The predicted molar refractivity (Wildman–Crippen MR) is 118 cm³/mol. The highest BCUT2D eigenvalue weighted by atomic mass is 16.5. The average Bonchev–Trinajstić information content (AvgIpc) is 3.19. The van der Waals surface area contributed by atoms with Gasteiger partial charge in [0.2, 0.25) is 11.8 Å². The maximum atomic E-state index is 12.9. The molecule has 0 saturated carbocycles. The summed E-state index contributed by atoms with van der Waals surface area (Å²) in [5.74, 6) is 0.634. The highest BCUT2D eigenvalue weighted by molar-refractivity contribution is 5.78. The van der Waals surface area contributed by atoms with Gasteiger partial charge in [-0.05, 0) is 19.4 Å². The molecule has 6 nitrogen and oxygen atoms in total. The van der Waals surface area contributed by atoms with E-state index in [-0.39, 0.29) is 12.5 Å². The van der Waals surface area contributed by atoms with E-state index in [0.717, 1.165) is 35.5 Å². The summed E-state index contributed by atoms with van der Waals surface area (Å²) in [5.41, 5.74) is 3.70. The molecule has 0 aliphatic heterocycles. The number of aromatic nitrogens is 1. The zero-order chi connectivity index (χ0) is 21.3. The van der Waals surface area contributed by atoms with Crippen LogP contribution < -0.4 is 4.90 Å². The summed E-state index contributed by atoms with van der Waals surface area (Å²) in [6.45, 7) is 6.64. The number of hydrogen-bond donors (Lipinski definition) is 0. The molecule has 3 rings (SSSR count). The van der Waals surface area contributed by atoms with Crippen LogP contribution in [-0.2, 0) is 22.6 Å². The van der Waals surface area contributed by atoms with Crippen molar-refractivity contribution in [1.82, 2.24) is 10.1 Å². The molecule has 0 bridgehead atoms. The van der Waals surface area contributed by atoms with Crippen molar-refractivity contribution in [3.8, 4) is 11.3 Å². The topological polar surface area (TPSA) is 58.8 Å². The second kappa shape index (κ2) is 10.6. The van der Waals surface area contributed by atoms with Crippen LogP contribution >= 0.6 is 0 Å². The summed E-state index contributed by atoms with van der Waals surface area (Å²) >= 11 is 0. The van der Waals surface area contributed by atoms with Crippen molar-refractivity contribution in [3.05, 3.63) is 71.8 Å². The molecule has 6 heteroatoms. The molecule has 0 saturated heterocycles. The third-order valence-electron chi connectivity index (χ3n) is 5.05. The molecule has 0 aliphatic carbocycles. The third-order valence-corrected chi connectivity index (χ3v) is 5.05. The first-order chi connectivity index (χ1) is 14.7. The van der Waals surface area contributed by atoms with Crippen molar-refractivity contribution in [2.45, 2.75) is 26.9 Å². The van der Waals surface area contributed by atoms with Gasteiger partial charge >= 0.3 is 0 Å². The minimum atomic E-state index is -0.0768. The molecule has 0 aliphatic rings. The molecular weight excluding hydrogens is 378 g/mol. The van der Waals surface area contributed by atoms with E-state index in [1.54, 1.807) is 4.90 Å². The van der Waals surface area contributed by atoms with E-state index in [0.29, 0.717) is 19.0 Å².